The summed E-state index contributed by atoms with van der Waals surface area (Å²) in [5.41, 5.74) is 1.03. The molecule has 1 aromatic carbocycles. The smallest absolute Gasteiger partial charge is 0.165 e. The maximum atomic E-state index is 13.9. The lowest BCUT2D eigenvalue weighted by molar-refractivity contribution is 0.0819. The number of likely N-dealkylation sites (N-methyl/N-ethyl adjacent to an activating group) is 1. The fraction of sp³-hybridized carbons (Fsp3) is 0.647. The molecule has 20 heavy (non-hydrogen) atoms. The van der Waals surface area contributed by atoms with E-state index in [2.05, 4.69) is 19.2 Å². The van der Waals surface area contributed by atoms with E-state index in [4.69, 9.17) is 4.74 Å². The van der Waals surface area contributed by atoms with E-state index in [1.54, 1.807) is 12.1 Å². The molecular formula is C17H26FNO. The van der Waals surface area contributed by atoms with Gasteiger partial charge in [0.15, 0.2) is 11.6 Å². The molecule has 0 amide bonds. The quantitative estimate of drug-likeness (QED) is 0.877. The van der Waals surface area contributed by atoms with Gasteiger partial charge in [-0.3, -0.25) is 0 Å². The molecule has 1 aromatic rings. The van der Waals surface area contributed by atoms with Crippen molar-refractivity contribution >= 4 is 0 Å². The molecule has 0 spiro atoms. The van der Waals surface area contributed by atoms with E-state index in [9.17, 15) is 4.39 Å². The lowest BCUT2D eigenvalue weighted by atomic mass is 9.82. The predicted molar refractivity (Wildman–Crippen MR) is 80.6 cm³/mol. The predicted octanol–water partition coefficient (Wildman–Crippen LogP) is 4.07. The summed E-state index contributed by atoms with van der Waals surface area (Å²) in [5.74, 6) is 0.835. The van der Waals surface area contributed by atoms with Gasteiger partial charge in [0.2, 0.25) is 0 Å². The average Bonchev–Trinajstić information content (AvgIpc) is 2.45. The second-order valence-corrected chi connectivity index (χ2v) is 5.84. The second kappa shape index (κ2) is 7.07. The molecule has 3 atom stereocenters. The number of rotatable bonds is 5. The Morgan fingerprint density at radius 3 is 2.80 bits per heavy atom. The number of halogens is 1. The lowest BCUT2D eigenvalue weighted by Gasteiger charge is -2.36. The summed E-state index contributed by atoms with van der Waals surface area (Å²) in [6, 6.07) is 5.41. The first-order valence-corrected chi connectivity index (χ1v) is 7.80. The first kappa shape index (κ1) is 15.3. The molecule has 0 heterocycles. The third kappa shape index (κ3) is 3.72. The first-order chi connectivity index (χ1) is 9.63. The number of ether oxygens (including phenoxy) is 1. The van der Waals surface area contributed by atoms with Crippen molar-refractivity contribution in [3.8, 4) is 5.75 Å². The fourth-order valence-electron chi connectivity index (χ4n) is 3.07. The lowest BCUT2D eigenvalue weighted by Crippen LogP contribution is -2.47. The molecule has 2 nitrogen and oxygen atoms in total. The summed E-state index contributed by atoms with van der Waals surface area (Å²) >= 11 is 0. The van der Waals surface area contributed by atoms with Crippen LogP contribution in [0.2, 0.25) is 0 Å². The van der Waals surface area contributed by atoms with Crippen LogP contribution in [0.15, 0.2) is 18.2 Å². The minimum Gasteiger partial charge on any atom is -0.486 e. The molecule has 1 fully saturated rings. The Balaban J connectivity index is 2.11. The summed E-state index contributed by atoms with van der Waals surface area (Å²) in [4.78, 5) is 0. The van der Waals surface area contributed by atoms with Crippen molar-refractivity contribution in [2.75, 3.05) is 6.54 Å². The van der Waals surface area contributed by atoms with Crippen molar-refractivity contribution in [3.63, 3.8) is 0 Å². The zero-order valence-corrected chi connectivity index (χ0v) is 12.8. The van der Waals surface area contributed by atoms with Crippen LogP contribution in [0.1, 0.15) is 45.1 Å². The van der Waals surface area contributed by atoms with Gasteiger partial charge in [0.25, 0.3) is 0 Å². The molecule has 3 unspecified atom stereocenters. The summed E-state index contributed by atoms with van der Waals surface area (Å²) in [6.45, 7) is 7.22. The zero-order chi connectivity index (χ0) is 14.5. The maximum Gasteiger partial charge on any atom is 0.165 e. The number of hydrogen-bond donors (Lipinski definition) is 1. The maximum absolute atomic E-state index is 13.9. The number of benzene rings is 1. The van der Waals surface area contributed by atoms with Crippen LogP contribution >= 0.6 is 0 Å². The van der Waals surface area contributed by atoms with Crippen LogP contribution in [-0.2, 0) is 0 Å². The molecule has 1 aliphatic rings. The highest BCUT2D eigenvalue weighted by Gasteiger charge is 2.31. The third-order valence-corrected chi connectivity index (χ3v) is 4.31. The van der Waals surface area contributed by atoms with Gasteiger partial charge in [0.1, 0.15) is 6.10 Å². The zero-order valence-electron chi connectivity index (χ0n) is 12.8. The van der Waals surface area contributed by atoms with Gasteiger partial charge >= 0.3 is 0 Å². The summed E-state index contributed by atoms with van der Waals surface area (Å²) in [5, 5.41) is 3.49. The standard InChI is InChI=1S/C17H26FNO/c1-4-13-7-9-15(19-5-2)17(11-13)20-16-10-12(3)6-8-14(16)18/h6,8,10,13,15,17,19H,4-5,7,9,11H2,1-3H3. The molecule has 0 radical (unpaired) electrons. The third-order valence-electron chi connectivity index (χ3n) is 4.31. The van der Waals surface area contributed by atoms with Crippen LogP contribution in [0.3, 0.4) is 0 Å². The molecule has 0 bridgehead atoms. The van der Waals surface area contributed by atoms with E-state index in [0.717, 1.165) is 24.9 Å². The van der Waals surface area contributed by atoms with Crippen molar-refractivity contribution in [2.45, 2.75) is 58.6 Å². The minimum absolute atomic E-state index is 0.0740. The number of nitrogens with one attached hydrogen (secondary N) is 1. The van der Waals surface area contributed by atoms with Crippen molar-refractivity contribution in [3.05, 3.63) is 29.6 Å². The van der Waals surface area contributed by atoms with E-state index in [0.29, 0.717) is 17.7 Å². The Morgan fingerprint density at radius 2 is 2.10 bits per heavy atom. The van der Waals surface area contributed by atoms with E-state index >= 15 is 0 Å². The highest BCUT2D eigenvalue weighted by atomic mass is 19.1. The van der Waals surface area contributed by atoms with E-state index < -0.39 is 0 Å². The molecular weight excluding hydrogens is 253 g/mol. The van der Waals surface area contributed by atoms with Crippen LogP contribution in [0.4, 0.5) is 4.39 Å². The highest BCUT2D eigenvalue weighted by molar-refractivity contribution is 5.29. The van der Waals surface area contributed by atoms with Crippen LogP contribution in [-0.4, -0.2) is 18.7 Å². The largest absolute Gasteiger partial charge is 0.486 e. The van der Waals surface area contributed by atoms with E-state index in [1.165, 1.54) is 18.9 Å². The summed E-state index contributed by atoms with van der Waals surface area (Å²) < 4.78 is 19.9. The second-order valence-electron chi connectivity index (χ2n) is 5.84. The SMILES string of the molecule is CCNC1CCC(CC)CC1Oc1cc(C)ccc1F. The van der Waals surface area contributed by atoms with Gasteiger partial charge in [0, 0.05) is 6.04 Å². The van der Waals surface area contributed by atoms with Gasteiger partial charge < -0.3 is 10.1 Å². The van der Waals surface area contributed by atoms with E-state index in [1.807, 2.05) is 6.92 Å². The number of hydrogen-bond acceptors (Lipinski definition) is 2. The fourth-order valence-corrected chi connectivity index (χ4v) is 3.07. The highest BCUT2D eigenvalue weighted by Crippen LogP contribution is 2.31. The molecule has 0 aromatic heterocycles. The topological polar surface area (TPSA) is 21.3 Å². The Bertz CT molecular complexity index is 435. The Morgan fingerprint density at radius 1 is 1.30 bits per heavy atom. The Hall–Kier alpha value is -1.09. The molecule has 0 saturated heterocycles. The van der Waals surface area contributed by atoms with Gasteiger partial charge in [-0.25, -0.2) is 4.39 Å². The van der Waals surface area contributed by atoms with Crippen LogP contribution in [0.25, 0.3) is 0 Å². The molecule has 1 N–H and O–H groups in total. The molecule has 1 aliphatic carbocycles. The molecule has 0 aliphatic heterocycles. The van der Waals surface area contributed by atoms with Gasteiger partial charge in [0.05, 0.1) is 0 Å². The minimum atomic E-state index is -0.260. The Labute approximate surface area is 121 Å². The summed E-state index contributed by atoms with van der Waals surface area (Å²) in [7, 11) is 0. The molecule has 2 rings (SSSR count). The van der Waals surface area contributed by atoms with Gasteiger partial charge in [-0.05, 0) is 56.3 Å². The summed E-state index contributed by atoms with van der Waals surface area (Å²) in [6.07, 6.45) is 4.62. The van der Waals surface area contributed by atoms with Gasteiger partial charge in [-0.1, -0.05) is 26.3 Å². The van der Waals surface area contributed by atoms with Crippen LogP contribution in [0.5, 0.6) is 5.75 Å². The van der Waals surface area contributed by atoms with Crippen molar-refractivity contribution in [2.24, 2.45) is 5.92 Å². The Kier molecular flexibility index (Phi) is 5.41. The van der Waals surface area contributed by atoms with Gasteiger partial charge in [-0.2, -0.15) is 0 Å². The van der Waals surface area contributed by atoms with Crippen LogP contribution < -0.4 is 10.1 Å². The molecule has 3 heteroatoms. The van der Waals surface area contributed by atoms with Crippen molar-refractivity contribution in [1.29, 1.82) is 0 Å². The molecule has 112 valence electrons. The average molecular weight is 279 g/mol. The van der Waals surface area contributed by atoms with Crippen molar-refractivity contribution in [1.82, 2.24) is 5.32 Å². The van der Waals surface area contributed by atoms with Crippen LogP contribution in [0, 0.1) is 18.7 Å². The molecule has 1 saturated carbocycles. The number of aryl methyl sites for hydroxylation is 1. The first-order valence-electron chi connectivity index (χ1n) is 7.80. The van der Waals surface area contributed by atoms with Crippen molar-refractivity contribution < 1.29 is 9.13 Å². The van der Waals surface area contributed by atoms with Gasteiger partial charge in [-0.15, -0.1) is 0 Å². The normalized spacial score (nSPS) is 26.5. The van der Waals surface area contributed by atoms with E-state index in [-0.39, 0.29) is 11.9 Å². The monoisotopic (exact) mass is 279 g/mol.